The molecule has 1 aromatic heterocycles. The number of fused-ring (bicyclic) bond motifs is 1. The lowest BCUT2D eigenvalue weighted by molar-refractivity contribution is 0.113. The predicted octanol–water partition coefficient (Wildman–Crippen LogP) is 1.29. The Kier molecular flexibility index (Phi) is 3.54. The lowest BCUT2D eigenvalue weighted by Gasteiger charge is -2.11. The molecule has 1 heterocycles. The molecule has 18 heavy (non-hydrogen) atoms. The van der Waals surface area contributed by atoms with E-state index >= 15 is 0 Å². The fraction of sp³-hybridized carbons (Fsp3) is 0.692. The molecule has 1 aromatic rings. The first-order valence-electron chi connectivity index (χ1n) is 6.59. The number of aliphatic hydroxyl groups excluding tert-OH is 2. The van der Waals surface area contributed by atoms with Gasteiger partial charge in [-0.15, -0.1) is 11.8 Å². The van der Waals surface area contributed by atoms with Crippen molar-refractivity contribution < 1.29 is 10.2 Å². The summed E-state index contributed by atoms with van der Waals surface area (Å²) in [5.74, 6) is 2.07. The van der Waals surface area contributed by atoms with Crippen LogP contribution in [0, 0.1) is 0 Å². The summed E-state index contributed by atoms with van der Waals surface area (Å²) in [6, 6.07) is 0. The molecule has 2 N–H and O–H groups in total. The predicted molar refractivity (Wildman–Crippen MR) is 69.8 cm³/mol. The van der Waals surface area contributed by atoms with Gasteiger partial charge in [0.1, 0.15) is 10.9 Å². The standard InChI is InChI=1S/C13H18N2O2S/c16-6-9(17)7-18-13-10-2-1-3-11(10)14-12(15-13)8-4-5-8/h8-9,16-17H,1-7H2. The molecule has 5 heteroatoms. The van der Waals surface area contributed by atoms with Gasteiger partial charge in [-0.05, 0) is 32.1 Å². The van der Waals surface area contributed by atoms with E-state index in [9.17, 15) is 5.11 Å². The highest BCUT2D eigenvalue weighted by Crippen LogP contribution is 2.40. The van der Waals surface area contributed by atoms with Crippen molar-refractivity contribution in [2.24, 2.45) is 0 Å². The Balaban J connectivity index is 1.82. The molecule has 0 radical (unpaired) electrons. The second-order valence-corrected chi connectivity index (χ2v) is 6.10. The number of hydrogen-bond acceptors (Lipinski definition) is 5. The van der Waals surface area contributed by atoms with Gasteiger partial charge in [-0.2, -0.15) is 0 Å². The van der Waals surface area contributed by atoms with E-state index in [1.807, 2.05) is 0 Å². The summed E-state index contributed by atoms with van der Waals surface area (Å²) in [5, 5.41) is 19.3. The average molecular weight is 266 g/mol. The summed E-state index contributed by atoms with van der Waals surface area (Å²) in [6.45, 7) is -0.185. The largest absolute Gasteiger partial charge is 0.394 e. The zero-order chi connectivity index (χ0) is 12.5. The number of hydrogen-bond donors (Lipinski definition) is 2. The van der Waals surface area contributed by atoms with E-state index in [2.05, 4.69) is 9.97 Å². The number of rotatable bonds is 5. The molecule has 0 spiro atoms. The van der Waals surface area contributed by atoms with Crippen molar-refractivity contribution >= 4 is 11.8 Å². The minimum Gasteiger partial charge on any atom is -0.394 e. The van der Waals surface area contributed by atoms with Crippen LogP contribution in [0.15, 0.2) is 5.03 Å². The van der Waals surface area contributed by atoms with Crippen LogP contribution in [-0.4, -0.2) is 38.6 Å². The highest BCUT2D eigenvalue weighted by Gasteiger charge is 2.29. The summed E-state index contributed by atoms with van der Waals surface area (Å²) in [4.78, 5) is 9.36. The minimum atomic E-state index is -0.661. The molecule has 0 aromatic carbocycles. The number of thioether (sulfide) groups is 1. The Hall–Kier alpha value is -0.650. The van der Waals surface area contributed by atoms with E-state index in [0.717, 1.165) is 30.1 Å². The molecule has 1 fully saturated rings. The van der Waals surface area contributed by atoms with Crippen LogP contribution >= 0.6 is 11.8 Å². The van der Waals surface area contributed by atoms with E-state index in [1.165, 1.54) is 24.1 Å². The molecular formula is C13H18N2O2S. The smallest absolute Gasteiger partial charge is 0.132 e. The van der Waals surface area contributed by atoms with E-state index in [1.54, 1.807) is 11.8 Å². The molecule has 0 saturated heterocycles. The maximum Gasteiger partial charge on any atom is 0.132 e. The van der Waals surface area contributed by atoms with E-state index in [0.29, 0.717) is 11.7 Å². The summed E-state index contributed by atoms with van der Waals surface area (Å²) in [6.07, 6.45) is 5.04. The molecular weight excluding hydrogens is 248 g/mol. The SMILES string of the molecule is OCC(O)CSc1nc(C2CC2)nc2c1CCC2. The molecule has 0 amide bonds. The van der Waals surface area contributed by atoms with Crippen molar-refractivity contribution in [3.05, 3.63) is 17.1 Å². The average Bonchev–Trinajstić information content (AvgIpc) is 3.13. The molecule has 0 aliphatic heterocycles. The molecule has 98 valence electrons. The first kappa shape index (κ1) is 12.4. The third-order valence-corrected chi connectivity index (χ3v) is 4.64. The quantitative estimate of drug-likeness (QED) is 0.621. The molecule has 1 atom stereocenters. The van der Waals surface area contributed by atoms with E-state index < -0.39 is 6.10 Å². The Labute approximate surface area is 111 Å². The van der Waals surface area contributed by atoms with Crippen LogP contribution in [0.5, 0.6) is 0 Å². The fourth-order valence-corrected chi connectivity index (χ4v) is 3.30. The van der Waals surface area contributed by atoms with Crippen LogP contribution in [-0.2, 0) is 12.8 Å². The Morgan fingerprint density at radius 3 is 2.83 bits per heavy atom. The first-order chi connectivity index (χ1) is 8.78. The number of aliphatic hydroxyl groups is 2. The highest BCUT2D eigenvalue weighted by atomic mass is 32.2. The second-order valence-electron chi connectivity index (χ2n) is 5.09. The van der Waals surface area contributed by atoms with Gasteiger partial charge in [0, 0.05) is 22.9 Å². The maximum atomic E-state index is 9.44. The van der Waals surface area contributed by atoms with Crippen LogP contribution in [0.4, 0.5) is 0 Å². The van der Waals surface area contributed by atoms with Crippen molar-refractivity contribution in [3.63, 3.8) is 0 Å². The van der Waals surface area contributed by atoms with Crippen molar-refractivity contribution in [1.29, 1.82) is 0 Å². The molecule has 1 unspecified atom stereocenters. The van der Waals surface area contributed by atoms with Gasteiger partial charge in [0.05, 0.1) is 12.7 Å². The normalized spacial score (nSPS) is 19.9. The van der Waals surface area contributed by atoms with Gasteiger partial charge in [0.25, 0.3) is 0 Å². The lowest BCUT2D eigenvalue weighted by Crippen LogP contribution is -2.15. The van der Waals surface area contributed by atoms with Gasteiger partial charge >= 0.3 is 0 Å². The summed E-state index contributed by atoms with van der Waals surface area (Å²) in [5.41, 5.74) is 2.49. The van der Waals surface area contributed by atoms with Gasteiger partial charge in [0.15, 0.2) is 0 Å². The maximum absolute atomic E-state index is 9.44. The number of nitrogens with zero attached hydrogens (tertiary/aromatic N) is 2. The molecule has 3 rings (SSSR count). The fourth-order valence-electron chi connectivity index (χ4n) is 2.29. The van der Waals surface area contributed by atoms with Crippen LogP contribution < -0.4 is 0 Å². The monoisotopic (exact) mass is 266 g/mol. The van der Waals surface area contributed by atoms with Gasteiger partial charge in [-0.3, -0.25) is 0 Å². The first-order valence-corrected chi connectivity index (χ1v) is 7.58. The third kappa shape index (κ3) is 2.53. The van der Waals surface area contributed by atoms with Crippen LogP contribution in [0.2, 0.25) is 0 Å². The molecule has 2 aliphatic rings. The molecule has 0 bridgehead atoms. The van der Waals surface area contributed by atoms with Crippen LogP contribution in [0.3, 0.4) is 0 Å². The zero-order valence-corrected chi connectivity index (χ0v) is 11.1. The van der Waals surface area contributed by atoms with Crippen molar-refractivity contribution in [3.8, 4) is 0 Å². The molecule has 1 saturated carbocycles. The van der Waals surface area contributed by atoms with Gasteiger partial charge < -0.3 is 10.2 Å². The topological polar surface area (TPSA) is 66.2 Å². The van der Waals surface area contributed by atoms with Crippen molar-refractivity contribution in [2.75, 3.05) is 12.4 Å². The summed E-state index contributed by atoms with van der Waals surface area (Å²) < 4.78 is 0. The Morgan fingerprint density at radius 1 is 1.28 bits per heavy atom. The molecule has 4 nitrogen and oxygen atoms in total. The molecule has 2 aliphatic carbocycles. The number of aromatic nitrogens is 2. The third-order valence-electron chi connectivity index (χ3n) is 3.48. The summed E-state index contributed by atoms with van der Waals surface area (Å²) >= 11 is 1.56. The second kappa shape index (κ2) is 5.15. The van der Waals surface area contributed by atoms with Gasteiger partial charge in [-0.1, -0.05) is 0 Å². The summed E-state index contributed by atoms with van der Waals surface area (Å²) in [7, 11) is 0. The number of aryl methyl sites for hydroxylation is 1. The zero-order valence-electron chi connectivity index (χ0n) is 10.3. The lowest BCUT2D eigenvalue weighted by atomic mass is 10.2. The van der Waals surface area contributed by atoms with Gasteiger partial charge in [0.2, 0.25) is 0 Å². The van der Waals surface area contributed by atoms with Crippen LogP contribution in [0.25, 0.3) is 0 Å². The Bertz CT molecular complexity index is 449. The van der Waals surface area contributed by atoms with Crippen molar-refractivity contribution in [1.82, 2.24) is 9.97 Å². The van der Waals surface area contributed by atoms with E-state index in [4.69, 9.17) is 5.11 Å². The van der Waals surface area contributed by atoms with Crippen molar-refractivity contribution in [2.45, 2.75) is 49.2 Å². The Morgan fingerprint density at radius 2 is 2.11 bits per heavy atom. The van der Waals surface area contributed by atoms with E-state index in [-0.39, 0.29) is 6.61 Å². The van der Waals surface area contributed by atoms with Crippen LogP contribution in [0.1, 0.15) is 42.3 Å². The minimum absolute atomic E-state index is 0.185. The highest BCUT2D eigenvalue weighted by molar-refractivity contribution is 7.99. The van der Waals surface area contributed by atoms with Gasteiger partial charge in [-0.25, -0.2) is 9.97 Å².